The van der Waals surface area contributed by atoms with Gasteiger partial charge in [0.05, 0.1) is 17.2 Å². The zero-order valence-electron chi connectivity index (χ0n) is 10.8. The molecule has 3 heterocycles. The second-order valence-corrected chi connectivity index (χ2v) is 5.01. The Morgan fingerprint density at radius 2 is 2.42 bits per heavy atom. The lowest BCUT2D eigenvalue weighted by atomic mass is 10.0. The van der Waals surface area contributed by atoms with E-state index in [1.807, 2.05) is 0 Å². The lowest BCUT2D eigenvalue weighted by Gasteiger charge is -2.09. The van der Waals surface area contributed by atoms with Gasteiger partial charge in [-0.25, -0.2) is 4.98 Å². The molecule has 0 aromatic carbocycles. The largest absolute Gasteiger partial charge is 0.381 e. The average molecular weight is 259 g/mol. The maximum absolute atomic E-state index is 12.2. The molecular formula is C14H17N3O2. The molecule has 1 fully saturated rings. The molecular weight excluding hydrogens is 242 g/mol. The van der Waals surface area contributed by atoms with E-state index >= 15 is 0 Å². The van der Waals surface area contributed by atoms with E-state index in [-0.39, 0.29) is 5.56 Å². The van der Waals surface area contributed by atoms with Crippen LogP contribution < -0.4 is 5.56 Å². The van der Waals surface area contributed by atoms with Gasteiger partial charge < -0.3 is 4.74 Å². The third kappa shape index (κ3) is 2.66. The van der Waals surface area contributed by atoms with Crippen molar-refractivity contribution in [2.75, 3.05) is 13.2 Å². The number of fused-ring (bicyclic) bond motifs is 1. The van der Waals surface area contributed by atoms with Crippen molar-refractivity contribution in [3.8, 4) is 0 Å². The standard InChI is InChI=1S/C14H17N3O2/c18-14-12-8-15-5-3-13(12)16-10-17(14)6-1-2-11-4-7-19-9-11/h3,5,8,10-11H,1-2,4,6-7,9H2. The van der Waals surface area contributed by atoms with Crippen molar-refractivity contribution < 1.29 is 4.74 Å². The summed E-state index contributed by atoms with van der Waals surface area (Å²) in [4.78, 5) is 20.5. The molecule has 2 aromatic rings. The minimum Gasteiger partial charge on any atom is -0.381 e. The summed E-state index contributed by atoms with van der Waals surface area (Å²) in [5.74, 6) is 0.658. The molecule has 3 rings (SSSR count). The van der Waals surface area contributed by atoms with Crippen LogP contribution >= 0.6 is 0 Å². The molecule has 19 heavy (non-hydrogen) atoms. The molecule has 5 heteroatoms. The summed E-state index contributed by atoms with van der Waals surface area (Å²) in [7, 11) is 0. The first-order chi connectivity index (χ1) is 9.34. The summed E-state index contributed by atoms with van der Waals surface area (Å²) in [5.41, 5.74) is 0.709. The highest BCUT2D eigenvalue weighted by Crippen LogP contribution is 2.18. The van der Waals surface area contributed by atoms with Crippen molar-refractivity contribution in [2.24, 2.45) is 5.92 Å². The van der Waals surface area contributed by atoms with E-state index in [1.54, 1.807) is 29.4 Å². The highest BCUT2D eigenvalue weighted by molar-refractivity contribution is 5.75. The maximum atomic E-state index is 12.2. The molecule has 5 nitrogen and oxygen atoms in total. The van der Waals surface area contributed by atoms with Crippen LogP contribution in [0.15, 0.2) is 29.6 Å². The highest BCUT2D eigenvalue weighted by Gasteiger charge is 2.15. The molecule has 0 bridgehead atoms. The summed E-state index contributed by atoms with van der Waals surface area (Å²) in [6.45, 7) is 2.47. The number of aromatic nitrogens is 3. The van der Waals surface area contributed by atoms with E-state index in [4.69, 9.17) is 4.74 Å². The number of aryl methyl sites for hydroxylation is 1. The third-order valence-electron chi connectivity index (χ3n) is 3.66. The SMILES string of the molecule is O=c1c2cnccc2ncn1CCCC1CCOC1. The van der Waals surface area contributed by atoms with Crippen LogP contribution in [0.25, 0.3) is 10.9 Å². The molecule has 0 N–H and O–H groups in total. The van der Waals surface area contributed by atoms with Gasteiger partial charge in [0.25, 0.3) is 5.56 Å². The predicted octanol–water partition coefficient (Wildman–Crippen LogP) is 1.61. The molecule has 2 aromatic heterocycles. The van der Waals surface area contributed by atoms with Gasteiger partial charge in [-0.1, -0.05) is 0 Å². The van der Waals surface area contributed by atoms with Crippen LogP contribution in [-0.4, -0.2) is 27.7 Å². The Balaban J connectivity index is 1.70. The molecule has 0 radical (unpaired) electrons. The quantitative estimate of drug-likeness (QED) is 0.837. The van der Waals surface area contributed by atoms with E-state index in [0.717, 1.165) is 32.5 Å². The molecule has 1 atom stereocenters. The monoisotopic (exact) mass is 259 g/mol. The van der Waals surface area contributed by atoms with Crippen LogP contribution in [0, 0.1) is 5.92 Å². The van der Waals surface area contributed by atoms with Crippen molar-refractivity contribution in [2.45, 2.75) is 25.8 Å². The third-order valence-corrected chi connectivity index (χ3v) is 3.66. The molecule has 100 valence electrons. The maximum Gasteiger partial charge on any atom is 0.262 e. The number of nitrogens with zero attached hydrogens (tertiary/aromatic N) is 3. The van der Waals surface area contributed by atoms with Gasteiger partial charge in [-0.3, -0.25) is 14.3 Å². The van der Waals surface area contributed by atoms with Crippen LogP contribution in [0.2, 0.25) is 0 Å². The number of rotatable bonds is 4. The molecule has 0 aliphatic carbocycles. The molecule has 1 unspecified atom stereocenters. The normalized spacial score (nSPS) is 19.1. The minimum absolute atomic E-state index is 0.000715. The fourth-order valence-corrected chi connectivity index (χ4v) is 2.52. The molecule has 0 spiro atoms. The summed E-state index contributed by atoms with van der Waals surface area (Å²) in [6.07, 6.45) is 8.12. The van der Waals surface area contributed by atoms with Crippen LogP contribution in [0.4, 0.5) is 0 Å². The lowest BCUT2D eigenvalue weighted by Crippen LogP contribution is -2.21. The van der Waals surface area contributed by atoms with Gasteiger partial charge in [-0.05, 0) is 31.2 Å². The Morgan fingerprint density at radius 1 is 1.47 bits per heavy atom. The molecule has 0 saturated carbocycles. The van der Waals surface area contributed by atoms with Gasteiger partial charge in [0, 0.05) is 32.2 Å². The van der Waals surface area contributed by atoms with Gasteiger partial charge in [0.2, 0.25) is 0 Å². The first-order valence-electron chi connectivity index (χ1n) is 6.71. The van der Waals surface area contributed by atoms with Crippen molar-refractivity contribution in [3.63, 3.8) is 0 Å². The average Bonchev–Trinajstić information content (AvgIpc) is 2.95. The summed E-state index contributed by atoms with van der Waals surface area (Å²) in [6, 6.07) is 1.76. The Bertz CT molecular complexity index is 617. The van der Waals surface area contributed by atoms with Gasteiger partial charge in [0.15, 0.2) is 0 Å². The predicted molar refractivity (Wildman–Crippen MR) is 72.0 cm³/mol. The fourth-order valence-electron chi connectivity index (χ4n) is 2.52. The fraction of sp³-hybridized carbons (Fsp3) is 0.500. The Labute approximate surface area is 111 Å². The smallest absolute Gasteiger partial charge is 0.262 e. The van der Waals surface area contributed by atoms with Crippen molar-refractivity contribution in [1.29, 1.82) is 0 Å². The number of hydrogen-bond donors (Lipinski definition) is 0. The summed E-state index contributed by atoms with van der Waals surface area (Å²) >= 11 is 0. The first kappa shape index (κ1) is 12.3. The van der Waals surface area contributed by atoms with Crippen LogP contribution in [0.3, 0.4) is 0 Å². The first-order valence-corrected chi connectivity index (χ1v) is 6.71. The number of hydrogen-bond acceptors (Lipinski definition) is 4. The Kier molecular flexibility index (Phi) is 3.55. The van der Waals surface area contributed by atoms with Crippen LogP contribution in [0.5, 0.6) is 0 Å². The van der Waals surface area contributed by atoms with Crippen molar-refractivity contribution in [1.82, 2.24) is 14.5 Å². The molecule has 1 aliphatic heterocycles. The van der Waals surface area contributed by atoms with E-state index in [9.17, 15) is 4.79 Å². The zero-order valence-corrected chi connectivity index (χ0v) is 10.8. The van der Waals surface area contributed by atoms with Gasteiger partial charge in [0.1, 0.15) is 0 Å². The van der Waals surface area contributed by atoms with Crippen LogP contribution in [-0.2, 0) is 11.3 Å². The van der Waals surface area contributed by atoms with E-state index in [0.29, 0.717) is 23.4 Å². The second kappa shape index (κ2) is 5.48. The Morgan fingerprint density at radius 3 is 3.26 bits per heavy atom. The second-order valence-electron chi connectivity index (χ2n) is 5.01. The van der Waals surface area contributed by atoms with E-state index in [2.05, 4.69) is 9.97 Å². The molecule has 0 amide bonds. The highest BCUT2D eigenvalue weighted by atomic mass is 16.5. The Hall–Kier alpha value is -1.75. The van der Waals surface area contributed by atoms with Crippen LogP contribution in [0.1, 0.15) is 19.3 Å². The van der Waals surface area contributed by atoms with Gasteiger partial charge in [-0.2, -0.15) is 0 Å². The van der Waals surface area contributed by atoms with Gasteiger partial charge in [-0.15, -0.1) is 0 Å². The minimum atomic E-state index is 0.000715. The topological polar surface area (TPSA) is 57.0 Å². The number of ether oxygens (including phenoxy) is 1. The summed E-state index contributed by atoms with van der Waals surface area (Å²) < 4.78 is 7.03. The van der Waals surface area contributed by atoms with Gasteiger partial charge >= 0.3 is 0 Å². The summed E-state index contributed by atoms with van der Waals surface area (Å²) in [5, 5.41) is 0.592. The van der Waals surface area contributed by atoms with Crippen molar-refractivity contribution >= 4 is 10.9 Å². The number of pyridine rings is 1. The molecule has 1 saturated heterocycles. The molecule has 1 aliphatic rings. The zero-order chi connectivity index (χ0) is 13.1. The van der Waals surface area contributed by atoms with Crippen molar-refractivity contribution in [3.05, 3.63) is 35.1 Å². The lowest BCUT2D eigenvalue weighted by molar-refractivity contribution is 0.183. The van der Waals surface area contributed by atoms with E-state index in [1.165, 1.54) is 0 Å². The van der Waals surface area contributed by atoms with E-state index < -0.39 is 0 Å².